The lowest BCUT2D eigenvalue weighted by molar-refractivity contribution is -0.116. The van der Waals surface area contributed by atoms with Crippen LogP contribution >= 0.6 is 0 Å². The van der Waals surface area contributed by atoms with Crippen LogP contribution in [0.4, 0.5) is 11.4 Å². The molecule has 1 N–H and O–H groups in total. The molecule has 0 atom stereocenters. The van der Waals surface area contributed by atoms with Crippen molar-refractivity contribution >= 4 is 17.3 Å². The van der Waals surface area contributed by atoms with Gasteiger partial charge in [-0.05, 0) is 49.9 Å². The number of hydrogen-bond acceptors (Lipinski definition) is 4. The van der Waals surface area contributed by atoms with Gasteiger partial charge in [0.05, 0.1) is 6.20 Å². The molecule has 1 aliphatic rings. The first-order valence-corrected chi connectivity index (χ1v) is 10.7. The van der Waals surface area contributed by atoms with Gasteiger partial charge in [0.25, 0.3) is 0 Å². The van der Waals surface area contributed by atoms with E-state index in [2.05, 4.69) is 41.2 Å². The maximum absolute atomic E-state index is 12.3. The van der Waals surface area contributed by atoms with E-state index in [0.717, 1.165) is 36.0 Å². The highest BCUT2D eigenvalue weighted by Crippen LogP contribution is 2.25. The molecule has 5 nitrogen and oxygen atoms in total. The number of hydrogen-bond donors (Lipinski definition) is 1. The van der Waals surface area contributed by atoms with Gasteiger partial charge in [-0.1, -0.05) is 36.8 Å². The van der Waals surface area contributed by atoms with Gasteiger partial charge in [0, 0.05) is 42.9 Å². The first-order valence-electron chi connectivity index (χ1n) is 10.7. The van der Waals surface area contributed by atoms with Crippen LogP contribution in [0.25, 0.3) is 11.3 Å². The van der Waals surface area contributed by atoms with Gasteiger partial charge >= 0.3 is 0 Å². The van der Waals surface area contributed by atoms with E-state index in [0.29, 0.717) is 18.7 Å². The van der Waals surface area contributed by atoms with Gasteiger partial charge in [-0.3, -0.25) is 4.79 Å². The molecule has 156 valence electrons. The highest BCUT2D eigenvalue weighted by Gasteiger charge is 2.16. The van der Waals surface area contributed by atoms with Gasteiger partial charge in [0.1, 0.15) is 0 Å². The van der Waals surface area contributed by atoms with Crippen LogP contribution in [0.15, 0.2) is 59.1 Å². The largest absolute Gasteiger partial charge is 0.441 e. The summed E-state index contributed by atoms with van der Waals surface area (Å²) >= 11 is 0. The quantitative estimate of drug-likeness (QED) is 0.594. The molecular formula is C25H29N3O2. The number of nitrogens with one attached hydrogen (secondary N) is 1. The summed E-state index contributed by atoms with van der Waals surface area (Å²) in [6.45, 7) is 6.58. The van der Waals surface area contributed by atoms with Crippen molar-refractivity contribution in [2.45, 2.75) is 39.5 Å². The fourth-order valence-electron chi connectivity index (χ4n) is 3.74. The normalized spacial score (nSPS) is 14.7. The van der Waals surface area contributed by atoms with Crippen molar-refractivity contribution in [1.29, 1.82) is 0 Å². The van der Waals surface area contributed by atoms with Gasteiger partial charge < -0.3 is 14.6 Å². The van der Waals surface area contributed by atoms with E-state index in [1.807, 2.05) is 36.4 Å². The predicted molar refractivity (Wildman–Crippen MR) is 121 cm³/mol. The Morgan fingerprint density at radius 2 is 1.80 bits per heavy atom. The smallest absolute Gasteiger partial charge is 0.224 e. The molecule has 3 aromatic rings. The van der Waals surface area contributed by atoms with E-state index in [1.54, 1.807) is 6.20 Å². The van der Waals surface area contributed by atoms with Crippen LogP contribution in [0.5, 0.6) is 0 Å². The summed E-state index contributed by atoms with van der Waals surface area (Å²) in [6, 6.07) is 16.3. The van der Waals surface area contributed by atoms with E-state index in [1.165, 1.54) is 24.1 Å². The molecule has 4 rings (SSSR count). The molecule has 1 aliphatic heterocycles. The van der Waals surface area contributed by atoms with Crippen molar-refractivity contribution in [2.75, 3.05) is 23.3 Å². The zero-order chi connectivity index (χ0) is 20.9. The number of rotatable bonds is 6. The van der Waals surface area contributed by atoms with Crippen molar-refractivity contribution in [3.8, 4) is 11.3 Å². The van der Waals surface area contributed by atoms with Gasteiger partial charge in [0.2, 0.25) is 5.91 Å². The maximum atomic E-state index is 12.3. The predicted octanol–water partition coefficient (Wildman–Crippen LogP) is 5.46. The highest BCUT2D eigenvalue weighted by atomic mass is 16.4. The minimum absolute atomic E-state index is 0.0374. The van der Waals surface area contributed by atoms with Crippen LogP contribution in [-0.2, 0) is 11.2 Å². The minimum atomic E-state index is -0.0374. The second-order valence-corrected chi connectivity index (χ2v) is 8.25. The Labute approximate surface area is 178 Å². The Hall–Kier alpha value is -3.08. The molecule has 1 amide bonds. The Morgan fingerprint density at radius 1 is 1.10 bits per heavy atom. The fraction of sp³-hybridized carbons (Fsp3) is 0.360. The monoisotopic (exact) mass is 403 g/mol. The summed E-state index contributed by atoms with van der Waals surface area (Å²) in [5.74, 6) is 2.09. The number of aromatic nitrogens is 1. The van der Waals surface area contributed by atoms with Crippen LogP contribution in [0.1, 0.15) is 37.6 Å². The maximum Gasteiger partial charge on any atom is 0.224 e. The molecule has 0 spiro atoms. The number of oxazole rings is 1. The molecule has 0 unspecified atom stereocenters. The lowest BCUT2D eigenvalue weighted by atomic mass is 9.99. The first-order chi connectivity index (χ1) is 14.6. The van der Waals surface area contributed by atoms with Crippen LogP contribution in [0.2, 0.25) is 0 Å². The Balaban J connectivity index is 1.27. The summed E-state index contributed by atoms with van der Waals surface area (Å²) in [4.78, 5) is 19.1. The molecule has 2 aromatic carbocycles. The molecular weight excluding hydrogens is 374 g/mol. The third kappa shape index (κ3) is 5.09. The number of aryl methyl sites for hydroxylation is 2. The average molecular weight is 404 g/mol. The molecule has 5 heteroatoms. The topological polar surface area (TPSA) is 58.4 Å². The van der Waals surface area contributed by atoms with E-state index in [9.17, 15) is 4.79 Å². The standard InChI is InChI=1S/C25H29N3O2/c1-18-3-5-20(6-4-18)23-17-26-25(30-23)12-11-24(29)27-21-7-9-22(10-8-21)28-15-13-19(2)14-16-28/h3-10,17,19H,11-16H2,1-2H3,(H,27,29). The summed E-state index contributed by atoms with van der Waals surface area (Å²) in [5, 5.41) is 2.97. The second-order valence-electron chi connectivity index (χ2n) is 8.25. The molecule has 1 aromatic heterocycles. The van der Waals surface area contributed by atoms with Crippen molar-refractivity contribution in [2.24, 2.45) is 5.92 Å². The Bertz CT molecular complexity index is 968. The lowest BCUT2D eigenvalue weighted by Gasteiger charge is -2.32. The second kappa shape index (κ2) is 9.16. The lowest BCUT2D eigenvalue weighted by Crippen LogP contribution is -2.32. The molecule has 2 heterocycles. The van der Waals surface area contributed by atoms with Crippen molar-refractivity contribution in [3.05, 3.63) is 66.2 Å². The molecule has 0 radical (unpaired) electrons. The van der Waals surface area contributed by atoms with Crippen LogP contribution in [-0.4, -0.2) is 24.0 Å². The third-order valence-electron chi connectivity index (χ3n) is 5.76. The van der Waals surface area contributed by atoms with Crippen molar-refractivity contribution in [1.82, 2.24) is 4.98 Å². The minimum Gasteiger partial charge on any atom is -0.441 e. The van der Waals surface area contributed by atoms with E-state index in [4.69, 9.17) is 4.42 Å². The summed E-state index contributed by atoms with van der Waals surface area (Å²) in [5.41, 5.74) is 4.24. The Morgan fingerprint density at radius 3 is 2.50 bits per heavy atom. The summed E-state index contributed by atoms with van der Waals surface area (Å²) < 4.78 is 5.80. The highest BCUT2D eigenvalue weighted by molar-refractivity contribution is 5.91. The number of anilines is 2. The Kier molecular flexibility index (Phi) is 6.17. The molecule has 1 saturated heterocycles. The van der Waals surface area contributed by atoms with E-state index < -0.39 is 0 Å². The van der Waals surface area contributed by atoms with Crippen molar-refractivity contribution < 1.29 is 9.21 Å². The van der Waals surface area contributed by atoms with E-state index >= 15 is 0 Å². The first kappa shape index (κ1) is 20.2. The van der Waals surface area contributed by atoms with Gasteiger partial charge in [-0.15, -0.1) is 0 Å². The number of amides is 1. The molecule has 1 fully saturated rings. The summed E-state index contributed by atoms with van der Waals surface area (Å²) in [6.07, 6.45) is 5.01. The van der Waals surface area contributed by atoms with Crippen LogP contribution in [0, 0.1) is 12.8 Å². The summed E-state index contributed by atoms with van der Waals surface area (Å²) in [7, 11) is 0. The fourth-order valence-corrected chi connectivity index (χ4v) is 3.74. The average Bonchev–Trinajstić information content (AvgIpc) is 3.23. The molecule has 0 bridgehead atoms. The van der Waals surface area contributed by atoms with Crippen molar-refractivity contribution in [3.63, 3.8) is 0 Å². The number of nitrogens with zero attached hydrogens (tertiary/aromatic N) is 2. The number of piperidine rings is 1. The van der Waals surface area contributed by atoms with Gasteiger partial charge in [-0.25, -0.2) is 4.98 Å². The number of benzene rings is 2. The molecule has 0 saturated carbocycles. The zero-order valence-corrected chi connectivity index (χ0v) is 17.7. The van der Waals surface area contributed by atoms with Gasteiger partial charge in [-0.2, -0.15) is 0 Å². The van der Waals surface area contributed by atoms with E-state index in [-0.39, 0.29) is 5.91 Å². The van der Waals surface area contributed by atoms with Crippen LogP contribution < -0.4 is 10.2 Å². The molecule has 0 aliphatic carbocycles. The number of carbonyl (C=O) groups is 1. The zero-order valence-electron chi connectivity index (χ0n) is 17.7. The van der Waals surface area contributed by atoms with Crippen LogP contribution in [0.3, 0.4) is 0 Å². The molecule has 30 heavy (non-hydrogen) atoms. The number of carbonyl (C=O) groups excluding carboxylic acids is 1. The SMILES string of the molecule is Cc1ccc(-c2cnc(CCC(=O)Nc3ccc(N4CCC(C)CC4)cc3)o2)cc1. The third-order valence-corrected chi connectivity index (χ3v) is 5.76. The van der Waals surface area contributed by atoms with Gasteiger partial charge in [0.15, 0.2) is 11.7 Å².